The van der Waals surface area contributed by atoms with Crippen LogP contribution in [0.15, 0.2) is 34.8 Å². The summed E-state index contributed by atoms with van der Waals surface area (Å²) in [6, 6.07) is 7.71. The maximum atomic E-state index is 13.3. The largest absolute Gasteiger partial charge is 0.488 e. The number of methoxy groups -OCH3 is 1. The van der Waals surface area contributed by atoms with E-state index in [1.807, 2.05) is 0 Å². The molecule has 0 heterocycles. The SMILES string of the molecule is COC(=O)N(O)c1cccc(Br)c1COc1cc(C)c(C)cc1C(F)F. The number of amides is 1. The Morgan fingerprint density at radius 3 is 2.54 bits per heavy atom. The zero-order chi connectivity index (χ0) is 19.4. The molecule has 0 aromatic heterocycles. The monoisotopic (exact) mass is 429 g/mol. The number of alkyl halides is 2. The summed E-state index contributed by atoms with van der Waals surface area (Å²) < 4.78 is 37.2. The van der Waals surface area contributed by atoms with Crippen LogP contribution in [0.25, 0.3) is 0 Å². The Hall–Kier alpha value is -2.19. The summed E-state index contributed by atoms with van der Waals surface area (Å²) in [4.78, 5) is 11.6. The molecule has 0 saturated heterocycles. The highest BCUT2D eigenvalue weighted by Crippen LogP contribution is 2.34. The van der Waals surface area contributed by atoms with Gasteiger partial charge in [0.05, 0.1) is 18.4 Å². The Balaban J connectivity index is 2.36. The maximum Gasteiger partial charge on any atom is 0.438 e. The van der Waals surface area contributed by atoms with Crippen LogP contribution in [-0.2, 0) is 11.3 Å². The van der Waals surface area contributed by atoms with Crippen LogP contribution in [0, 0.1) is 13.8 Å². The van der Waals surface area contributed by atoms with Crippen molar-refractivity contribution in [2.75, 3.05) is 12.2 Å². The highest BCUT2D eigenvalue weighted by Gasteiger charge is 2.21. The second kappa shape index (κ2) is 8.46. The first-order valence-corrected chi connectivity index (χ1v) is 8.42. The molecular formula is C18H18BrF2NO4. The number of benzene rings is 2. The van der Waals surface area contributed by atoms with Crippen molar-refractivity contribution >= 4 is 27.7 Å². The molecule has 140 valence electrons. The number of hydrogen-bond donors (Lipinski definition) is 1. The van der Waals surface area contributed by atoms with Crippen molar-refractivity contribution in [2.45, 2.75) is 26.9 Å². The van der Waals surface area contributed by atoms with Crippen LogP contribution in [-0.4, -0.2) is 18.4 Å². The fourth-order valence-electron chi connectivity index (χ4n) is 2.33. The Kier molecular flexibility index (Phi) is 6.55. The van der Waals surface area contributed by atoms with Crippen LogP contribution >= 0.6 is 15.9 Å². The molecule has 2 rings (SSSR count). The number of halogens is 3. The summed E-state index contributed by atoms with van der Waals surface area (Å²) in [5.41, 5.74) is 1.86. The van der Waals surface area contributed by atoms with Crippen molar-refractivity contribution in [3.05, 3.63) is 57.1 Å². The lowest BCUT2D eigenvalue weighted by Gasteiger charge is -2.19. The Morgan fingerprint density at radius 2 is 1.92 bits per heavy atom. The molecule has 8 heteroatoms. The minimum Gasteiger partial charge on any atom is -0.488 e. The number of ether oxygens (including phenoxy) is 2. The molecule has 0 aliphatic heterocycles. The lowest BCUT2D eigenvalue weighted by Crippen LogP contribution is -2.28. The molecule has 0 saturated carbocycles. The predicted octanol–water partition coefficient (Wildman–Crippen LogP) is 5.54. The maximum absolute atomic E-state index is 13.3. The van der Waals surface area contributed by atoms with Crippen molar-refractivity contribution in [3.63, 3.8) is 0 Å². The van der Waals surface area contributed by atoms with Gasteiger partial charge in [-0.1, -0.05) is 22.0 Å². The van der Waals surface area contributed by atoms with Crippen LogP contribution in [0.2, 0.25) is 0 Å². The van der Waals surface area contributed by atoms with Gasteiger partial charge in [0, 0.05) is 10.0 Å². The summed E-state index contributed by atoms with van der Waals surface area (Å²) >= 11 is 3.32. The van der Waals surface area contributed by atoms with Crippen molar-refractivity contribution in [1.29, 1.82) is 0 Å². The van der Waals surface area contributed by atoms with Gasteiger partial charge in [0.1, 0.15) is 12.4 Å². The zero-order valence-electron chi connectivity index (χ0n) is 14.4. The molecule has 0 spiro atoms. The Morgan fingerprint density at radius 1 is 1.27 bits per heavy atom. The van der Waals surface area contributed by atoms with Crippen LogP contribution in [0.5, 0.6) is 5.75 Å². The number of carbonyl (C=O) groups excluding carboxylic acids is 1. The van der Waals surface area contributed by atoms with E-state index in [1.165, 1.54) is 12.1 Å². The first-order chi connectivity index (χ1) is 12.3. The van der Waals surface area contributed by atoms with Gasteiger partial charge in [0.2, 0.25) is 0 Å². The number of hydroxylamine groups is 1. The van der Waals surface area contributed by atoms with E-state index in [-0.39, 0.29) is 23.6 Å². The molecular weight excluding hydrogens is 412 g/mol. The molecule has 0 fully saturated rings. The summed E-state index contributed by atoms with van der Waals surface area (Å²) in [7, 11) is 1.13. The molecule has 0 bridgehead atoms. The average molecular weight is 430 g/mol. The predicted molar refractivity (Wildman–Crippen MR) is 96.0 cm³/mol. The van der Waals surface area contributed by atoms with Gasteiger partial charge in [-0.25, -0.2) is 13.6 Å². The van der Waals surface area contributed by atoms with E-state index in [9.17, 15) is 18.8 Å². The molecule has 0 unspecified atom stereocenters. The third-order valence-corrected chi connectivity index (χ3v) is 4.65. The number of rotatable bonds is 5. The van der Waals surface area contributed by atoms with Gasteiger partial charge in [0.15, 0.2) is 0 Å². The van der Waals surface area contributed by atoms with Crippen LogP contribution in [0.1, 0.15) is 28.7 Å². The molecule has 0 atom stereocenters. The molecule has 0 aliphatic carbocycles. The fraction of sp³-hybridized carbons (Fsp3) is 0.278. The molecule has 26 heavy (non-hydrogen) atoms. The molecule has 2 aromatic carbocycles. The Labute approximate surface area is 158 Å². The minimum absolute atomic E-state index is 0.0485. The number of anilines is 1. The second-order valence-electron chi connectivity index (χ2n) is 5.58. The third kappa shape index (κ3) is 4.31. The van der Waals surface area contributed by atoms with Crippen molar-refractivity contribution < 1.29 is 28.3 Å². The zero-order valence-corrected chi connectivity index (χ0v) is 16.0. The van der Waals surface area contributed by atoms with Gasteiger partial charge in [-0.15, -0.1) is 0 Å². The third-order valence-electron chi connectivity index (χ3n) is 3.90. The van der Waals surface area contributed by atoms with E-state index in [1.54, 1.807) is 32.0 Å². The highest BCUT2D eigenvalue weighted by atomic mass is 79.9. The lowest BCUT2D eigenvalue weighted by atomic mass is 10.1. The van der Waals surface area contributed by atoms with Gasteiger partial charge in [-0.2, -0.15) is 5.06 Å². The summed E-state index contributed by atoms with van der Waals surface area (Å²) in [5.74, 6) is 0.0485. The standard InChI is InChI=1S/C18H18BrF2NO4/c1-10-7-12(17(20)21)16(8-11(10)2)26-9-13-14(19)5-4-6-15(13)22(24)18(23)25-3/h4-8,17,24H,9H2,1-3H3. The molecule has 1 amide bonds. The van der Waals surface area contributed by atoms with Crippen LogP contribution in [0.4, 0.5) is 19.3 Å². The first-order valence-electron chi connectivity index (χ1n) is 7.62. The van der Waals surface area contributed by atoms with Gasteiger partial charge in [0.25, 0.3) is 6.43 Å². The van der Waals surface area contributed by atoms with E-state index in [0.29, 0.717) is 15.1 Å². The summed E-state index contributed by atoms with van der Waals surface area (Å²) in [6.07, 6.45) is -3.67. The second-order valence-corrected chi connectivity index (χ2v) is 6.44. The normalized spacial score (nSPS) is 10.8. The molecule has 5 nitrogen and oxygen atoms in total. The first kappa shape index (κ1) is 20.1. The van der Waals surface area contributed by atoms with Crippen molar-refractivity contribution in [1.82, 2.24) is 0 Å². The minimum atomic E-state index is -2.69. The lowest BCUT2D eigenvalue weighted by molar-refractivity contribution is 0.140. The van der Waals surface area contributed by atoms with Crippen LogP contribution in [0.3, 0.4) is 0 Å². The molecule has 2 aromatic rings. The van der Waals surface area contributed by atoms with Gasteiger partial charge in [-0.3, -0.25) is 5.21 Å². The summed E-state index contributed by atoms with van der Waals surface area (Å²) in [5, 5.41) is 10.3. The molecule has 0 radical (unpaired) electrons. The number of hydrogen-bond acceptors (Lipinski definition) is 4. The van der Waals surface area contributed by atoms with Crippen molar-refractivity contribution in [3.8, 4) is 5.75 Å². The van der Waals surface area contributed by atoms with Crippen molar-refractivity contribution in [2.24, 2.45) is 0 Å². The quantitative estimate of drug-likeness (QED) is 0.500. The fourth-order valence-corrected chi connectivity index (χ4v) is 2.80. The average Bonchev–Trinajstić information content (AvgIpc) is 2.61. The van der Waals surface area contributed by atoms with E-state index in [0.717, 1.165) is 18.2 Å². The topological polar surface area (TPSA) is 59.0 Å². The van der Waals surface area contributed by atoms with E-state index in [4.69, 9.17) is 4.74 Å². The molecule has 1 N–H and O–H groups in total. The summed E-state index contributed by atoms with van der Waals surface area (Å²) in [6.45, 7) is 3.40. The Bertz CT molecular complexity index is 814. The van der Waals surface area contributed by atoms with Gasteiger partial charge in [-0.05, 0) is 49.2 Å². The van der Waals surface area contributed by atoms with E-state index in [2.05, 4.69) is 20.7 Å². The van der Waals surface area contributed by atoms with Gasteiger partial charge < -0.3 is 9.47 Å². The van der Waals surface area contributed by atoms with Crippen LogP contribution < -0.4 is 9.80 Å². The molecule has 0 aliphatic rings. The number of aryl methyl sites for hydroxylation is 2. The highest BCUT2D eigenvalue weighted by molar-refractivity contribution is 9.10. The smallest absolute Gasteiger partial charge is 0.438 e. The number of carbonyl (C=O) groups is 1. The van der Waals surface area contributed by atoms with E-state index >= 15 is 0 Å². The number of nitrogens with zero attached hydrogens (tertiary/aromatic N) is 1. The van der Waals surface area contributed by atoms with Gasteiger partial charge >= 0.3 is 6.09 Å². The van der Waals surface area contributed by atoms with E-state index < -0.39 is 12.5 Å².